The number of nitrogens with one attached hydrogen (secondary N) is 1. The zero-order valence-corrected chi connectivity index (χ0v) is 16.5. The first-order valence-corrected chi connectivity index (χ1v) is 9.36. The van der Waals surface area contributed by atoms with E-state index in [0.29, 0.717) is 16.7 Å². The second-order valence-electron chi connectivity index (χ2n) is 6.98. The molecule has 156 valence electrons. The molecule has 30 heavy (non-hydrogen) atoms. The van der Waals surface area contributed by atoms with E-state index >= 15 is 0 Å². The molecule has 6 nitrogen and oxygen atoms in total. The lowest BCUT2D eigenvalue weighted by Crippen LogP contribution is -2.45. The summed E-state index contributed by atoms with van der Waals surface area (Å²) in [7, 11) is 0. The standard InChI is InChI=1S/C22H21F2N3O3/c1-14(2)30-22(29)20(12-27-10-9-25-13-27)26-21(28)16-5-3-15(4-6-16)17-7-8-18(23)19(24)11-17/h3-11,13-14,20H,12H2,1-2H3,(H,26,28)/t20-/m0/s1. The molecular weight excluding hydrogens is 392 g/mol. The first-order valence-electron chi connectivity index (χ1n) is 9.36. The summed E-state index contributed by atoms with van der Waals surface area (Å²) >= 11 is 0. The highest BCUT2D eigenvalue weighted by Crippen LogP contribution is 2.22. The number of rotatable bonds is 7. The summed E-state index contributed by atoms with van der Waals surface area (Å²) in [4.78, 5) is 29.0. The molecule has 0 spiro atoms. The number of carbonyl (C=O) groups excluding carboxylic acids is 2. The Balaban J connectivity index is 1.74. The summed E-state index contributed by atoms with van der Waals surface area (Å²) in [6, 6.07) is 9.04. The Hall–Kier alpha value is -3.55. The van der Waals surface area contributed by atoms with Crippen molar-refractivity contribution in [2.45, 2.75) is 32.5 Å². The van der Waals surface area contributed by atoms with Crippen molar-refractivity contribution in [1.29, 1.82) is 0 Å². The van der Waals surface area contributed by atoms with E-state index in [1.54, 1.807) is 61.4 Å². The van der Waals surface area contributed by atoms with Crippen molar-refractivity contribution in [2.75, 3.05) is 0 Å². The SMILES string of the molecule is CC(C)OC(=O)[C@H](Cn1ccnc1)NC(=O)c1ccc(-c2ccc(F)c(F)c2)cc1. The first-order chi connectivity index (χ1) is 14.3. The van der Waals surface area contributed by atoms with Gasteiger partial charge in [0, 0.05) is 18.0 Å². The van der Waals surface area contributed by atoms with Crippen molar-refractivity contribution in [2.24, 2.45) is 0 Å². The Kier molecular flexibility index (Phi) is 6.56. The quantitative estimate of drug-likeness (QED) is 0.601. The highest BCUT2D eigenvalue weighted by Gasteiger charge is 2.24. The van der Waals surface area contributed by atoms with Crippen LogP contribution in [-0.4, -0.2) is 33.6 Å². The maximum absolute atomic E-state index is 13.4. The maximum atomic E-state index is 13.4. The van der Waals surface area contributed by atoms with Gasteiger partial charge in [0.1, 0.15) is 6.04 Å². The molecule has 0 bridgehead atoms. The molecule has 1 amide bonds. The largest absolute Gasteiger partial charge is 0.461 e. The summed E-state index contributed by atoms with van der Waals surface area (Å²) < 4.78 is 33.5. The van der Waals surface area contributed by atoms with Gasteiger partial charge in [-0.15, -0.1) is 0 Å². The molecule has 0 aliphatic heterocycles. The molecule has 0 aliphatic rings. The van der Waals surface area contributed by atoms with Gasteiger partial charge in [-0.3, -0.25) is 4.79 Å². The lowest BCUT2D eigenvalue weighted by Gasteiger charge is -2.19. The monoisotopic (exact) mass is 413 g/mol. The smallest absolute Gasteiger partial charge is 0.330 e. The van der Waals surface area contributed by atoms with E-state index in [9.17, 15) is 18.4 Å². The van der Waals surface area contributed by atoms with E-state index in [0.717, 1.165) is 12.1 Å². The lowest BCUT2D eigenvalue weighted by molar-refractivity contribution is -0.150. The number of hydrogen-bond donors (Lipinski definition) is 1. The van der Waals surface area contributed by atoms with Crippen molar-refractivity contribution in [3.63, 3.8) is 0 Å². The van der Waals surface area contributed by atoms with Gasteiger partial charge in [-0.05, 0) is 49.2 Å². The second-order valence-corrected chi connectivity index (χ2v) is 6.98. The number of amides is 1. The fourth-order valence-corrected chi connectivity index (χ4v) is 2.83. The van der Waals surface area contributed by atoms with Crippen LogP contribution in [0.4, 0.5) is 8.78 Å². The van der Waals surface area contributed by atoms with Crippen LogP contribution >= 0.6 is 0 Å². The minimum absolute atomic E-state index is 0.171. The molecule has 2 aromatic carbocycles. The normalized spacial score (nSPS) is 11.9. The summed E-state index contributed by atoms with van der Waals surface area (Å²) in [5.74, 6) is -2.88. The minimum atomic E-state index is -0.944. The van der Waals surface area contributed by atoms with Gasteiger partial charge in [-0.25, -0.2) is 18.6 Å². The Morgan fingerprint density at radius 1 is 1.07 bits per heavy atom. The van der Waals surface area contributed by atoms with Gasteiger partial charge in [-0.1, -0.05) is 18.2 Å². The molecule has 0 fully saturated rings. The number of imidazole rings is 1. The molecule has 1 N–H and O–H groups in total. The number of nitrogens with zero attached hydrogens (tertiary/aromatic N) is 2. The number of carbonyl (C=O) groups is 2. The summed E-state index contributed by atoms with van der Waals surface area (Å²) in [6.45, 7) is 3.63. The van der Waals surface area contributed by atoms with Gasteiger partial charge in [0.15, 0.2) is 11.6 Å². The molecule has 1 atom stereocenters. The van der Waals surface area contributed by atoms with Crippen LogP contribution in [0.5, 0.6) is 0 Å². The Labute approximate surface area is 172 Å². The van der Waals surface area contributed by atoms with Crippen LogP contribution in [0, 0.1) is 11.6 Å². The van der Waals surface area contributed by atoms with Crippen LogP contribution in [0.25, 0.3) is 11.1 Å². The predicted octanol–water partition coefficient (Wildman–Crippen LogP) is 3.58. The van der Waals surface area contributed by atoms with Crippen molar-refractivity contribution in [1.82, 2.24) is 14.9 Å². The third kappa shape index (κ3) is 5.28. The Bertz CT molecular complexity index is 1020. The summed E-state index contributed by atoms with van der Waals surface area (Å²) in [5.41, 5.74) is 1.42. The number of benzene rings is 2. The van der Waals surface area contributed by atoms with Crippen LogP contribution in [0.3, 0.4) is 0 Å². The van der Waals surface area contributed by atoms with Crippen molar-refractivity contribution in [3.8, 4) is 11.1 Å². The molecular formula is C22H21F2N3O3. The number of esters is 1. The minimum Gasteiger partial charge on any atom is -0.461 e. The van der Waals surface area contributed by atoms with Crippen LogP contribution < -0.4 is 5.32 Å². The highest BCUT2D eigenvalue weighted by atomic mass is 19.2. The van der Waals surface area contributed by atoms with Crippen LogP contribution in [0.15, 0.2) is 61.2 Å². The lowest BCUT2D eigenvalue weighted by atomic mass is 10.0. The van der Waals surface area contributed by atoms with Crippen LogP contribution in [0.2, 0.25) is 0 Å². The van der Waals surface area contributed by atoms with Crippen molar-refractivity contribution in [3.05, 3.63) is 78.4 Å². The van der Waals surface area contributed by atoms with Crippen LogP contribution in [-0.2, 0) is 16.1 Å². The maximum Gasteiger partial charge on any atom is 0.330 e. The summed E-state index contributed by atoms with van der Waals surface area (Å²) in [5, 5.41) is 2.68. The molecule has 8 heteroatoms. The van der Waals surface area contributed by atoms with Gasteiger partial charge < -0.3 is 14.6 Å². The summed E-state index contributed by atoms with van der Waals surface area (Å²) in [6.07, 6.45) is 4.47. The first kappa shape index (κ1) is 21.2. The second kappa shape index (κ2) is 9.30. The van der Waals surface area contributed by atoms with Crippen molar-refractivity contribution < 1.29 is 23.1 Å². The zero-order chi connectivity index (χ0) is 21.7. The van der Waals surface area contributed by atoms with Gasteiger partial charge in [0.05, 0.1) is 19.0 Å². The van der Waals surface area contributed by atoms with E-state index in [1.165, 1.54) is 6.07 Å². The third-order valence-corrected chi connectivity index (χ3v) is 4.29. The fourth-order valence-electron chi connectivity index (χ4n) is 2.83. The molecule has 0 unspecified atom stereocenters. The topological polar surface area (TPSA) is 73.2 Å². The van der Waals surface area contributed by atoms with Gasteiger partial charge >= 0.3 is 5.97 Å². The van der Waals surface area contributed by atoms with Crippen molar-refractivity contribution >= 4 is 11.9 Å². The average Bonchev–Trinajstić information content (AvgIpc) is 3.22. The van der Waals surface area contributed by atoms with E-state index in [-0.39, 0.29) is 12.6 Å². The van der Waals surface area contributed by atoms with Gasteiger partial charge in [0.2, 0.25) is 0 Å². The molecule has 1 heterocycles. The van der Waals surface area contributed by atoms with Gasteiger partial charge in [-0.2, -0.15) is 0 Å². The molecule has 0 radical (unpaired) electrons. The molecule has 0 aliphatic carbocycles. The number of halogens is 2. The van der Waals surface area contributed by atoms with E-state index in [1.807, 2.05) is 0 Å². The number of aromatic nitrogens is 2. The van der Waals surface area contributed by atoms with E-state index < -0.39 is 29.6 Å². The molecule has 1 aromatic heterocycles. The van der Waals surface area contributed by atoms with E-state index in [2.05, 4.69) is 10.3 Å². The molecule has 3 aromatic rings. The highest BCUT2D eigenvalue weighted by molar-refractivity contribution is 5.97. The van der Waals surface area contributed by atoms with Crippen LogP contribution in [0.1, 0.15) is 24.2 Å². The number of hydrogen-bond acceptors (Lipinski definition) is 4. The molecule has 3 rings (SSSR count). The molecule has 0 saturated heterocycles. The molecule has 0 saturated carbocycles. The Morgan fingerprint density at radius 3 is 2.37 bits per heavy atom. The fraction of sp³-hybridized carbons (Fsp3) is 0.227. The Morgan fingerprint density at radius 2 is 1.77 bits per heavy atom. The van der Waals surface area contributed by atoms with E-state index in [4.69, 9.17) is 4.74 Å². The predicted molar refractivity (Wildman–Crippen MR) is 107 cm³/mol. The average molecular weight is 413 g/mol. The number of ether oxygens (including phenoxy) is 1. The van der Waals surface area contributed by atoms with Gasteiger partial charge in [0.25, 0.3) is 5.91 Å². The third-order valence-electron chi connectivity index (χ3n) is 4.29. The zero-order valence-electron chi connectivity index (χ0n) is 16.5.